The van der Waals surface area contributed by atoms with E-state index >= 15 is 0 Å². The molecule has 4 heteroatoms. The minimum absolute atomic E-state index is 0.192. The van der Waals surface area contributed by atoms with Crippen LogP contribution in [-0.2, 0) is 0 Å². The van der Waals surface area contributed by atoms with Crippen LogP contribution in [0.1, 0.15) is 5.56 Å². The first kappa shape index (κ1) is 11.9. The number of anilines is 1. The van der Waals surface area contributed by atoms with Gasteiger partial charge in [0.25, 0.3) is 0 Å². The van der Waals surface area contributed by atoms with E-state index in [9.17, 15) is 4.39 Å². The molecule has 2 rings (SSSR count). The summed E-state index contributed by atoms with van der Waals surface area (Å²) in [7, 11) is 0. The largest absolute Gasteiger partial charge is 0.453 e. The molecule has 0 spiro atoms. The van der Waals surface area contributed by atoms with Crippen LogP contribution >= 0.6 is 15.9 Å². The Morgan fingerprint density at radius 1 is 1.18 bits per heavy atom. The fourth-order valence-electron chi connectivity index (χ4n) is 1.39. The van der Waals surface area contributed by atoms with Crippen LogP contribution in [-0.4, -0.2) is 0 Å². The van der Waals surface area contributed by atoms with Crippen molar-refractivity contribution in [3.63, 3.8) is 0 Å². The number of hydrogen-bond acceptors (Lipinski definition) is 2. The van der Waals surface area contributed by atoms with Crippen LogP contribution < -0.4 is 10.5 Å². The standard InChI is InChI=1S/C13H11BrFNO/c1-8-6-13(9(14)7-11(8)16)17-12-5-3-2-4-10(12)15/h2-7H,16H2,1H3. The molecule has 17 heavy (non-hydrogen) atoms. The summed E-state index contributed by atoms with van der Waals surface area (Å²) < 4.78 is 19.6. The predicted octanol–water partition coefficient (Wildman–Crippen LogP) is 4.27. The van der Waals surface area contributed by atoms with Crippen molar-refractivity contribution in [3.8, 4) is 11.5 Å². The molecule has 0 radical (unpaired) electrons. The number of nitrogens with two attached hydrogens (primary N) is 1. The van der Waals surface area contributed by atoms with Gasteiger partial charge in [0.05, 0.1) is 4.47 Å². The number of benzene rings is 2. The summed E-state index contributed by atoms with van der Waals surface area (Å²) in [5.74, 6) is 0.341. The van der Waals surface area contributed by atoms with Gasteiger partial charge in [-0.15, -0.1) is 0 Å². The molecule has 0 aromatic heterocycles. The van der Waals surface area contributed by atoms with E-state index in [1.807, 2.05) is 6.92 Å². The third-order valence-electron chi connectivity index (χ3n) is 2.38. The van der Waals surface area contributed by atoms with E-state index in [1.165, 1.54) is 6.07 Å². The lowest BCUT2D eigenvalue weighted by atomic mass is 10.2. The number of halogens is 2. The zero-order valence-corrected chi connectivity index (χ0v) is 10.8. The maximum atomic E-state index is 13.4. The third-order valence-corrected chi connectivity index (χ3v) is 3.00. The second-order valence-electron chi connectivity index (χ2n) is 3.67. The number of ether oxygens (including phenoxy) is 1. The molecule has 2 aromatic rings. The summed E-state index contributed by atoms with van der Waals surface area (Å²) in [6.07, 6.45) is 0. The molecule has 2 aromatic carbocycles. The van der Waals surface area contributed by atoms with Crippen LogP contribution in [0.4, 0.5) is 10.1 Å². The van der Waals surface area contributed by atoms with Crippen LogP contribution in [0.2, 0.25) is 0 Å². The quantitative estimate of drug-likeness (QED) is 0.840. The summed E-state index contributed by atoms with van der Waals surface area (Å²) in [6, 6.07) is 9.78. The van der Waals surface area contributed by atoms with Gasteiger partial charge in [-0.2, -0.15) is 0 Å². The second-order valence-corrected chi connectivity index (χ2v) is 4.53. The van der Waals surface area contributed by atoms with Crippen molar-refractivity contribution in [2.24, 2.45) is 0 Å². The highest BCUT2D eigenvalue weighted by molar-refractivity contribution is 9.10. The summed E-state index contributed by atoms with van der Waals surface area (Å²) >= 11 is 3.34. The highest BCUT2D eigenvalue weighted by Gasteiger charge is 2.08. The van der Waals surface area contributed by atoms with Crippen LogP contribution in [0.15, 0.2) is 40.9 Å². The Kier molecular flexibility index (Phi) is 3.33. The minimum atomic E-state index is -0.395. The molecule has 0 heterocycles. The summed E-state index contributed by atoms with van der Waals surface area (Å²) in [5.41, 5.74) is 7.31. The highest BCUT2D eigenvalue weighted by Crippen LogP contribution is 2.34. The Hall–Kier alpha value is -1.55. The molecule has 0 aliphatic carbocycles. The Bertz CT molecular complexity index is 557. The van der Waals surface area contributed by atoms with Gasteiger partial charge < -0.3 is 10.5 Å². The molecule has 2 N–H and O–H groups in total. The minimum Gasteiger partial charge on any atom is -0.453 e. The first-order chi connectivity index (χ1) is 8.08. The maximum Gasteiger partial charge on any atom is 0.165 e. The SMILES string of the molecule is Cc1cc(Oc2ccccc2F)c(Br)cc1N. The molecule has 0 saturated carbocycles. The Morgan fingerprint density at radius 3 is 2.59 bits per heavy atom. The number of para-hydroxylation sites is 1. The Balaban J connectivity index is 2.37. The van der Waals surface area contributed by atoms with Crippen LogP contribution in [0.3, 0.4) is 0 Å². The highest BCUT2D eigenvalue weighted by atomic mass is 79.9. The molecule has 0 fully saturated rings. The molecule has 0 unspecified atom stereocenters. The van der Waals surface area contributed by atoms with Crippen molar-refractivity contribution in [2.45, 2.75) is 6.92 Å². The average Bonchev–Trinajstić information content (AvgIpc) is 2.29. The average molecular weight is 296 g/mol. The van der Waals surface area contributed by atoms with E-state index in [4.69, 9.17) is 10.5 Å². The molecule has 0 atom stereocenters. The summed E-state index contributed by atoms with van der Waals surface area (Å²) in [4.78, 5) is 0. The molecule has 0 bridgehead atoms. The smallest absolute Gasteiger partial charge is 0.165 e. The zero-order chi connectivity index (χ0) is 12.4. The number of rotatable bonds is 2. The summed E-state index contributed by atoms with van der Waals surface area (Å²) in [5, 5.41) is 0. The van der Waals surface area contributed by atoms with Crippen molar-refractivity contribution in [1.29, 1.82) is 0 Å². The van der Waals surface area contributed by atoms with Crippen molar-refractivity contribution in [2.75, 3.05) is 5.73 Å². The number of hydrogen-bond donors (Lipinski definition) is 1. The van der Waals surface area contributed by atoms with Crippen molar-refractivity contribution in [1.82, 2.24) is 0 Å². The molecule has 88 valence electrons. The second kappa shape index (κ2) is 4.75. The molecular weight excluding hydrogens is 285 g/mol. The predicted molar refractivity (Wildman–Crippen MR) is 69.8 cm³/mol. The van der Waals surface area contributed by atoms with E-state index in [0.29, 0.717) is 15.9 Å². The van der Waals surface area contributed by atoms with Crippen molar-refractivity contribution >= 4 is 21.6 Å². The lowest BCUT2D eigenvalue weighted by Gasteiger charge is -2.10. The van der Waals surface area contributed by atoms with Crippen molar-refractivity contribution in [3.05, 3.63) is 52.3 Å². The molecule has 0 amide bonds. The van der Waals surface area contributed by atoms with Gasteiger partial charge in [0.1, 0.15) is 5.75 Å². The van der Waals surface area contributed by atoms with Crippen LogP contribution in [0.5, 0.6) is 11.5 Å². The normalized spacial score (nSPS) is 10.3. The topological polar surface area (TPSA) is 35.2 Å². The fraction of sp³-hybridized carbons (Fsp3) is 0.0769. The lowest BCUT2D eigenvalue weighted by Crippen LogP contribution is -1.93. The van der Waals surface area contributed by atoms with Gasteiger partial charge in [-0.3, -0.25) is 0 Å². The number of nitrogen functional groups attached to an aromatic ring is 1. The van der Waals surface area contributed by atoms with Gasteiger partial charge >= 0.3 is 0 Å². The number of aryl methyl sites for hydroxylation is 1. The first-order valence-corrected chi connectivity index (χ1v) is 5.85. The van der Waals surface area contributed by atoms with E-state index < -0.39 is 5.82 Å². The maximum absolute atomic E-state index is 13.4. The van der Waals surface area contributed by atoms with E-state index in [2.05, 4.69) is 15.9 Å². The van der Waals surface area contributed by atoms with Gasteiger partial charge in [-0.25, -0.2) is 4.39 Å². The third kappa shape index (κ3) is 2.58. The fourth-order valence-corrected chi connectivity index (χ4v) is 1.84. The Labute approximate surface area is 107 Å². The van der Waals surface area contributed by atoms with Crippen molar-refractivity contribution < 1.29 is 9.13 Å². The lowest BCUT2D eigenvalue weighted by molar-refractivity contribution is 0.440. The van der Waals surface area contributed by atoms with Gasteiger partial charge in [0.2, 0.25) is 0 Å². The van der Waals surface area contributed by atoms with Gasteiger partial charge in [0, 0.05) is 5.69 Å². The molecule has 0 aliphatic heterocycles. The van der Waals surface area contributed by atoms with Gasteiger partial charge in [-0.1, -0.05) is 12.1 Å². The molecule has 0 saturated heterocycles. The van der Waals surface area contributed by atoms with Gasteiger partial charge in [-0.05, 0) is 52.7 Å². The monoisotopic (exact) mass is 295 g/mol. The van der Waals surface area contributed by atoms with Crippen LogP contribution in [0.25, 0.3) is 0 Å². The first-order valence-electron chi connectivity index (χ1n) is 5.06. The molecular formula is C13H11BrFNO. The summed E-state index contributed by atoms with van der Waals surface area (Å²) in [6.45, 7) is 1.87. The molecule has 0 aliphatic rings. The van der Waals surface area contributed by atoms with E-state index in [1.54, 1.807) is 30.3 Å². The van der Waals surface area contributed by atoms with Crippen LogP contribution in [0, 0.1) is 12.7 Å². The van der Waals surface area contributed by atoms with E-state index in [0.717, 1.165) is 5.56 Å². The van der Waals surface area contributed by atoms with Gasteiger partial charge in [0.15, 0.2) is 11.6 Å². The Morgan fingerprint density at radius 2 is 1.88 bits per heavy atom. The molecule has 2 nitrogen and oxygen atoms in total. The van der Waals surface area contributed by atoms with E-state index in [-0.39, 0.29) is 5.75 Å². The zero-order valence-electron chi connectivity index (χ0n) is 9.21.